The summed E-state index contributed by atoms with van der Waals surface area (Å²) in [6, 6.07) is 17.8. The Bertz CT molecular complexity index is 1200. The van der Waals surface area contributed by atoms with Crippen LogP contribution in [0.4, 0.5) is 0 Å². The Labute approximate surface area is 172 Å². The Balaban J connectivity index is 1.66. The van der Waals surface area contributed by atoms with Crippen molar-refractivity contribution in [2.24, 2.45) is 0 Å². The van der Waals surface area contributed by atoms with Gasteiger partial charge < -0.3 is 19.2 Å². The molecule has 1 aliphatic heterocycles. The molecule has 1 atom stereocenters. The zero-order chi connectivity index (χ0) is 20.7. The van der Waals surface area contributed by atoms with Gasteiger partial charge in [0.05, 0.1) is 26.0 Å². The number of methoxy groups -OCH3 is 1. The Morgan fingerprint density at radius 1 is 1.13 bits per heavy atom. The molecule has 2 aromatic heterocycles. The summed E-state index contributed by atoms with van der Waals surface area (Å²) in [7, 11) is 1.61. The zero-order valence-corrected chi connectivity index (χ0v) is 16.2. The fourth-order valence-corrected chi connectivity index (χ4v) is 3.94. The highest BCUT2D eigenvalue weighted by molar-refractivity contribution is 6.00. The van der Waals surface area contributed by atoms with Gasteiger partial charge in [-0.15, -0.1) is 0 Å². The SMILES string of the molecule is COc1ccc(C2c3c(-c4ccccc4O)n[nH]c3C(=O)N2Cc2ccco2)cc1. The number of furan rings is 1. The molecule has 2 aromatic carbocycles. The van der Waals surface area contributed by atoms with Gasteiger partial charge in [-0.3, -0.25) is 9.89 Å². The molecule has 0 radical (unpaired) electrons. The van der Waals surface area contributed by atoms with Crippen molar-refractivity contribution in [2.45, 2.75) is 12.6 Å². The maximum Gasteiger partial charge on any atom is 0.273 e. The highest BCUT2D eigenvalue weighted by Crippen LogP contribution is 2.45. The number of hydrogen-bond acceptors (Lipinski definition) is 5. The van der Waals surface area contributed by atoms with Gasteiger partial charge in [-0.25, -0.2) is 0 Å². The number of fused-ring (bicyclic) bond motifs is 1. The normalized spacial score (nSPS) is 15.4. The standard InChI is InChI=1S/C23H19N3O4/c1-29-15-10-8-14(9-11-15)22-19-20(17-6-2-3-7-18(17)27)24-25-21(19)23(28)26(22)13-16-5-4-12-30-16/h2-12,22,27H,13H2,1H3,(H,24,25). The van der Waals surface area contributed by atoms with E-state index in [-0.39, 0.29) is 11.7 Å². The van der Waals surface area contributed by atoms with E-state index in [9.17, 15) is 9.90 Å². The first-order chi connectivity index (χ1) is 14.7. The number of para-hydroxylation sites is 1. The predicted molar refractivity (Wildman–Crippen MR) is 109 cm³/mol. The maximum atomic E-state index is 13.3. The Kier molecular flexibility index (Phi) is 4.28. The first-order valence-corrected chi connectivity index (χ1v) is 9.51. The fourth-order valence-electron chi connectivity index (χ4n) is 3.94. The van der Waals surface area contributed by atoms with Crippen molar-refractivity contribution in [3.63, 3.8) is 0 Å². The van der Waals surface area contributed by atoms with Gasteiger partial charge in [0.2, 0.25) is 0 Å². The molecular formula is C23H19N3O4. The number of H-pyrrole nitrogens is 1. The number of phenols is 1. The summed E-state index contributed by atoms with van der Waals surface area (Å²) in [5.74, 6) is 1.35. The van der Waals surface area contributed by atoms with Gasteiger partial charge in [0.15, 0.2) is 0 Å². The molecule has 7 nitrogen and oxygen atoms in total. The molecule has 1 unspecified atom stereocenters. The van der Waals surface area contributed by atoms with Crippen LogP contribution in [0.3, 0.4) is 0 Å². The van der Waals surface area contributed by atoms with Gasteiger partial charge in [0.25, 0.3) is 5.91 Å². The summed E-state index contributed by atoms with van der Waals surface area (Å²) >= 11 is 0. The maximum absolute atomic E-state index is 13.3. The molecule has 0 spiro atoms. The Morgan fingerprint density at radius 2 is 1.93 bits per heavy atom. The summed E-state index contributed by atoms with van der Waals surface area (Å²) < 4.78 is 10.8. The lowest BCUT2D eigenvalue weighted by atomic mass is 9.95. The van der Waals surface area contributed by atoms with Gasteiger partial charge in [0, 0.05) is 11.1 Å². The van der Waals surface area contributed by atoms with Crippen molar-refractivity contribution in [3.8, 4) is 22.8 Å². The summed E-state index contributed by atoms with van der Waals surface area (Å²) in [5.41, 5.74) is 3.19. The second-order valence-corrected chi connectivity index (χ2v) is 7.07. The lowest BCUT2D eigenvalue weighted by Crippen LogP contribution is -2.28. The van der Waals surface area contributed by atoms with Crippen LogP contribution in [0.2, 0.25) is 0 Å². The molecule has 7 heteroatoms. The third-order valence-corrected chi connectivity index (χ3v) is 5.36. The van der Waals surface area contributed by atoms with Crippen LogP contribution in [0.1, 0.15) is 33.4 Å². The second kappa shape index (κ2) is 7.11. The van der Waals surface area contributed by atoms with Crippen LogP contribution in [-0.4, -0.2) is 33.2 Å². The topological polar surface area (TPSA) is 91.6 Å². The van der Waals surface area contributed by atoms with E-state index in [0.717, 1.165) is 16.9 Å². The predicted octanol–water partition coefficient (Wildman–Crippen LogP) is 4.13. The second-order valence-electron chi connectivity index (χ2n) is 7.07. The molecule has 30 heavy (non-hydrogen) atoms. The van der Waals surface area contributed by atoms with Crippen LogP contribution >= 0.6 is 0 Å². The Hall–Kier alpha value is -4.00. The zero-order valence-electron chi connectivity index (χ0n) is 16.2. The summed E-state index contributed by atoms with van der Waals surface area (Å²) in [6.07, 6.45) is 1.59. The number of carbonyl (C=O) groups is 1. The van der Waals surface area contributed by atoms with E-state index < -0.39 is 6.04 Å². The van der Waals surface area contributed by atoms with E-state index in [2.05, 4.69) is 10.2 Å². The number of carbonyl (C=O) groups excluding carboxylic acids is 1. The third kappa shape index (κ3) is 2.83. The average Bonchev–Trinajstić information content (AvgIpc) is 3.49. The molecule has 0 saturated heterocycles. The van der Waals surface area contributed by atoms with Crippen LogP contribution in [0.25, 0.3) is 11.3 Å². The van der Waals surface area contributed by atoms with E-state index in [1.807, 2.05) is 36.4 Å². The number of ether oxygens (including phenoxy) is 1. The highest BCUT2D eigenvalue weighted by atomic mass is 16.5. The number of aromatic amines is 1. The minimum Gasteiger partial charge on any atom is -0.507 e. The van der Waals surface area contributed by atoms with Crippen LogP contribution in [0, 0.1) is 0 Å². The van der Waals surface area contributed by atoms with E-state index in [1.165, 1.54) is 0 Å². The molecule has 4 aromatic rings. The number of hydrogen-bond donors (Lipinski definition) is 2. The van der Waals surface area contributed by atoms with Crippen LogP contribution < -0.4 is 4.74 Å². The Morgan fingerprint density at radius 3 is 2.63 bits per heavy atom. The van der Waals surface area contributed by atoms with Crippen LogP contribution in [0.15, 0.2) is 71.3 Å². The van der Waals surface area contributed by atoms with E-state index in [4.69, 9.17) is 9.15 Å². The number of benzene rings is 2. The molecule has 0 bridgehead atoms. The molecule has 3 heterocycles. The van der Waals surface area contributed by atoms with E-state index >= 15 is 0 Å². The number of nitrogens with zero attached hydrogens (tertiary/aromatic N) is 2. The summed E-state index contributed by atoms with van der Waals surface area (Å²) in [4.78, 5) is 15.0. The third-order valence-electron chi connectivity index (χ3n) is 5.36. The number of nitrogens with one attached hydrogen (secondary N) is 1. The summed E-state index contributed by atoms with van der Waals surface area (Å²) in [6.45, 7) is 0.311. The van der Waals surface area contributed by atoms with Crippen molar-refractivity contribution >= 4 is 5.91 Å². The average molecular weight is 401 g/mol. The number of rotatable bonds is 5. The molecule has 0 fully saturated rings. The lowest BCUT2D eigenvalue weighted by molar-refractivity contribution is 0.0717. The van der Waals surface area contributed by atoms with Crippen LogP contribution in [-0.2, 0) is 6.54 Å². The van der Waals surface area contributed by atoms with E-state index in [0.29, 0.717) is 29.3 Å². The van der Waals surface area contributed by atoms with Crippen molar-refractivity contribution in [3.05, 3.63) is 89.5 Å². The van der Waals surface area contributed by atoms with Gasteiger partial charge in [0.1, 0.15) is 28.6 Å². The molecule has 1 amide bonds. The first kappa shape index (κ1) is 18.1. The summed E-state index contributed by atoms with van der Waals surface area (Å²) in [5, 5.41) is 17.7. The van der Waals surface area contributed by atoms with Gasteiger partial charge >= 0.3 is 0 Å². The number of phenolic OH excluding ortho intramolecular Hbond substituents is 1. The van der Waals surface area contributed by atoms with Crippen molar-refractivity contribution in [1.82, 2.24) is 15.1 Å². The molecular weight excluding hydrogens is 382 g/mol. The van der Waals surface area contributed by atoms with Crippen molar-refractivity contribution < 1.29 is 19.1 Å². The van der Waals surface area contributed by atoms with Gasteiger partial charge in [-0.05, 0) is 42.0 Å². The molecule has 2 N–H and O–H groups in total. The molecule has 0 saturated carbocycles. The minimum absolute atomic E-state index is 0.109. The monoisotopic (exact) mass is 401 g/mol. The van der Waals surface area contributed by atoms with Crippen molar-refractivity contribution in [1.29, 1.82) is 0 Å². The minimum atomic E-state index is -0.392. The smallest absolute Gasteiger partial charge is 0.273 e. The van der Waals surface area contributed by atoms with E-state index in [1.54, 1.807) is 42.5 Å². The van der Waals surface area contributed by atoms with Gasteiger partial charge in [-0.1, -0.05) is 24.3 Å². The number of aromatic nitrogens is 2. The first-order valence-electron chi connectivity index (χ1n) is 9.51. The highest BCUT2D eigenvalue weighted by Gasteiger charge is 2.42. The quantitative estimate of drug-likeness (QED) is 0.525. The molecule has 0 aliphatic carbocycles. The molecule has 150 valence electrons. The number of aromatic hydroxyl groups is 1. The molecule has 1 aliphatic rings. The lowest BCUT2D eigenvalue weighted by Gasteiger charge is -2.25. The van der Waals surface area contributed by atoms with Crippen LogP contribution in [0.5, 0.6) is 11.5 Å². The van der Waals surface area contributed by atoms with Gasteiger partial charge in [-0.2, -0.15) is 5.10 Å². The van der Waals surface area contributed by atoms with Crippen molar-refractivity contribution in [2.75, 3.05) is 7.11 Å². The fraction of sp³-hybridized carbons (Fsp3) is 0.130. The largest absolute Gasteiger partial charge is 0.507 e. The molecule has 5 rings (SSSR count). The number of amides is 1.